The van der Waals surface area contributed by atoms with Crippen LogP contribution in [-0.4, -0.2) is 47.7 Å². The summed E-state index contributed by atoms with van der Waals surface area (Å²) in [5.41, 5.74) is 3.27. The number of anilines is 1. The number of benzene rings is 2. The number of rotatable bonds is 8. The summed E-state index contributed by atoms with van der Waals surface area (Å²) in [4.78, 5) is 22.2. The maximum atomic E-state index is 13.5. The van der Waals surface area contributed by atoms with Crippen LogP contribution in [0.2, 0.25) is 0 Å². The van der Waals surface area contributed by atoms with Crippen LogP contribution < -0.4 is 9.64 Å². The zero-order valence-electron chi connectivity index (χ0n) is 19.7. The van der Waals surface area contributed by atoms with Crippen molar-refractivity contribution < 1.29 is 14.1 Å². The second kappa shape index (κ2) is 10.5. The third kappa shape index (κ3) is 5.53. The Bertz CT molecular complexity index is 1050. The van der Waals surface area contributed by atoms with Gasteiger partial charge in [0.15, 0.2) is 0 Å². The van der Waals surface area contributed by atoms with Gasteiger partial charge in [-0.3, -0.25) is 4.79 Å². The molecule has 174 valence electrons. The molecule has 0 N–H and O–H groups in total. The van der Waals surface area contributed by atoms with E-state index in [1.165, 1.54) is 11.3 Å². The van der Waals surface area contributed by atoms with E-state index >= 15 is 0 Å². The number of piperidine rings is 1. The molecule has 7 heteroatoms. The van der Waals surface area contributed by atoms with Gasteiger partial charge in [0.25, 0.3) is 0 Å². The van der Waals surface area contributed by atoms with Crippen molar-refractivity contribution in [3.8, 4) is 17.1 Å². The van der Waals surface area contributed by atoms with Gasteiger partial charge in [-0.1, -0.05) is 29.8 Å². The molecule has 33 heavy (non-hydrogen) atoms. The van der Waals surface area contributed by atoms with Crippen molar-refractivity contribution in [1.82, 2.24) is 15.0 Å². The number of hydrogen-bond acceptors (Lipinski definition) is 6. The number of ether oxygens (including phenoxy) is 1. The lowest BCUT2D eigenvalue weighted by molar-refractivity contribution is -0.136. The van der Waals surface area contributed by atoms with E-state index in [4.69, 9.17) is 9.26 Å². The first-order valence-electron chi connectivity index (χ1n) is 11.6. The van der Waals surface area contributed by atoms with Gasteiger partial charge in [0.05, 0.1) is 19.6 Å². The summed E-state index contributed by atoms with van der Waals surface area (Å²) in [6, 6.07) is 16.0. The van der Waals surface area contributed by atoms with Crippen molar-refractivity contribution in [3.05, 3.63) is 60.0 Å². The molecular weight excluding hydrogens is 416 g/mol. The van der Waals surface area contributed by atoms with Crippen LogP contribution in [0.25, 0.3) is 11.4 Å². The topological polar surface area (TPSA) is 71.7 Å². The van der Waals surface area contributed by atoms with E-state index in [-0.39, 0.29) is 11.8 Å². The summed E-state index contributed by atoms with van der Waals surface area (Å²) in [5, 5.41) is 4.11. The number of aromatic nitrogens is 2. The second-order valence-corrected chi connectivity index (χ2v) is 8.62. The van der Waals surface area contributed by atoms with Crippen molar-refractivity contribution >= 4 is 11.6 Å². The highest BCUT2D eigenvalue weighted by molar-refractivity contribution is 5.79. The molecule has 2 heterocycles. The van der Waals surface area contributed by atoms with Gasteiger partial charge in [-0.15, -0.1) is 0 Å². The van der Waals surface area contributed by atoms with Crippen LogP contribution in [0.4, 0.5) is 5.69 Å². The van der Waals surface area contributed by atoms with E-state index in [9.17, 15) is 4.79 Å². The number of carbonyl (C=O) groups excluding carboxylic acids is 1. The van der Waals surface area contributed by atoms with E-state index in [1.54, 1.807) is 7.11 Å². The Kier molecular flexibility index (Phi) is 7.27. The quantitative estimate of drug-likeness (QED) is 0.497. The molecule has 2 aromatic carbocycles. The number of aryl methyl sites for hydroxylation is 1. The highest BCUT2D eigenvalue weighted by Crippen LogP contribution is 2.26. The van der Waals surface area contributed by atoms with Crippen LogP contribution in [-0.2, 0) is 11.3 Å². The molecule has 3 aromatic rings. The summed E-state index contributed by atoms with van der Waals surface area (Å²) >= 11 is 0. The maximum Gasteiger partial charge on any atom is 0.246 e. The fraction of sp³-hybridized carbons (Fsp3) is 0.423. The molecule has 0 unspecified atom stereocenters. The Morgan fingerprint density at radius 3 is 2.64 bits per heavy atom. The number of methoxy groups -OCH3 is 1. The minimum Gasteiger partial charge on any atom is -0.497 e. The third-order valence-corrected chi connectivity index (χ3v) is 6.12. The van der Waals surface area contributed by atoms with Gasteiger partial charge in [-0.05, 0) is 62.6 Å². The summed E-state index contributed by atoms with van der Waals surface area (Å²) < 4.78 is 10.7. The van der Waals surface area contributed by atoms with Crippen LogP contribution in [0.3, 0.4) is 0 Å². The van der Waals surface area contributed by atoms with Crippen LogP contribution in [0, 0.1) is 12.8 Å². The Labute approximate surface area is 195 Å². The van der Waals surface area contributed by atoms with E-state index < -0.39 is 0 Å². The summed E-state index contributed by atoms with van der Waals surface area (Å²) in [6.45, 7) is 6.89. The molecule has 1 saturated heterocycles. The molecule has 1 amide bonds. The van der Waals surface area contributed by atoms with E-state index in [0.717, 1.165) is 43.7 Å². The lowest BCUT2D eigenvalue weighted by atomic mass is 9.95. The maximum absolute atomic E-state index is 13.5. The molecule has 0 radical (unpaired) electrons. The first kappa shape index (κ1) is 22.8. The van der Waals surface area contributed by atoms with Crippen LogP contribution in [0.15, 0.2) is 53.1 Å². The molecule has 4 rings (SSSR count). The highest BCUT2D eigenvalue weighted by Gasteiger charge is 2.30. The lowest BCUT2D eigenvalue weighted by Crippen LogP contribution is -2.45. The lowest BCUT2D eigenvalue weighted by Gasteiger charge is -2.36. The average molecular weight is 449 g/mol. The molecule has 1 atom stereocenters. The average Bonchev–Trinajstić information content (AvgIpc) is 3.32. The summed E-state index contributed by atoms with van der Waals surface area (Å²) in [7, 11) is 1.63. The molecule has 0 saturated carbocycles. The first-order chi connectivity index (χ1) is 16.1. The van der Waals surface area contributed by atoms with Gasteiger partial charge in [-0.2, -0.15) is 4.98 Å². The molecular formula is C26H32N4O3. The van der Waals surface area contributed by atoms with Gasteiger partial charge in [0.2, 0.25) is 17.6 Å². The van der Waals surface area contributed by atoms with Crippen LogP contribution >= 0.6 is 0 Å². The molecule has 1 aromatic heterocycles. The SMILES string of the molecule is CCCN(Cc1nc(-c2ccc(OC)cc2)no1)C(=O)[C@@H]1CCCN(c2ccc(C)cc2)C1. The fourth-order valence-corrected chi connectivity index (χ4v) is 4.30. The van der Waals surface area contributed by atoms with Gasteiger partial charge < -0.3 is 19.1 Å². The second-order valence-electron chi connectivity index (χ2n) is 8.62. The zero-order valence-corrected chi connectivity index (χ0v) is 19.7. The van der Waals surface area contributed by atoms with Crippen molar-refractivity contribution in [2.45, 2.75) is 39.7 Å². The third-order valence-electron chi connectivity index (χ3n) is 6.12. The molecule has 0 bridgehead atoms. The minimum absolute atomic E-state index is 0.0319. The predicted octanol–water partition coefficient (Wildman–Crippen LogP) is 4.71. The standard InChI is InChI=1S/C26H32N4O3/c1-4-15-30(18-24-27-25(28-33-24)20-9-13-23(32-3)14-10-20)26(31)21-6-5-16-29(17-21)22-11-7-19(2)8-12-22/h7-14,21H,4-6,15-18H2,1-3H3/t21-/m1/s1. The number of hydrogen-bond donors (Lipinski definition) is 0. The highest BCUT2D eigenvalue weighted by atomic mass is 16.5. The van der Waals surface area contributed by atoms with Gasteiger partial charge in [-0.25, -0.2) is 0 Å². The first-order valence-corrected chi connectivity index (χ1v) is 11.6. The molecule has 7 nitrogen and oxygen atoms in total. The van der Waals surface area contributed by atoms with E-state index in [0.29, 0.717) is 24.8 Å². The van der Waals surface area contributed by atoms with E-state index in [1.807, 2.05) is 29.2 Å². The molecule has 1 aliphatic rings. The van der Waals surface area contributed by atoms with Crippen LogP contribution in [0.1, 0.15) is 37.6 Å². The fourth-order valence-electron chi connectivity index (χ4n) is 4.30. The number of carbonyl (C=O) groups is 1. The molecule has 1 aliphatic heterocycles. The Morgan fingerprint density at radius 1 is 1.18 bits per heavy atom. The zero-order chi connectivity index (χ0) is 23.2. The van der Waals surface area contributed by atoms with Gasteiger partial charge >= 0.3 is 0 Å². The monoisotopic (exact) mass is 448 g/mol. The van der Waals surface area contributed by atoms with Gasteiger partial charge in [0.1, 0.15) is 5.75 Å². The summed E-state index contributed by atoms with van der Waals surface area (Å²) in [5.74, 6) is 1.87. The minimum atomic E-state index is -0.0319. The molecule has 1 fully saturated rings. The Balaban J connectivity index is 1.43. The number of amides is 1. The smallest absolute Gasteiger partial charge is 0.246 e. The van der Waals surface area contributed by atoms with E-state index in [2.05, 4.69) is 53.2 Å². The van der Waals surface area contributed by atoms with Crippen molar-refractivity contribution in [1.29, 1.82) is 0 Å². The normalized spacial score (nSPS) is 16.0. The van der Waals surface area contributed by atoms with Gasteiger partial charge in [0, 0.05) is 30.9 Å². The van der Waals surface area contributed by atoms with Crippen molar-refractivity contribution in [2.75, 3.05) is 31.6 Å². The van der Waals surface area contributed by atoms with Crippen molar-refractivity contribution in [2.24, 2.45) is 5.92 Å². The molecule has 0 spiro atoms. The number of nitrogens with zero attached hydrogens (tertiary/aromatic N) is 4. The van der Waals surface area contributed by atoms with Crippen molar-refractivity contribution in [3.63, 3.8) is 0 Å². The molecule has 0 aliphatic carbocycles. The summed E-state index contributed by atoms with van der Waals surface area (Å²) in [6.07, 6.45) is 2.79. The Hall–Kier alpha value is -3.35. The Morgan fingerprint density at radius 2 is 1.94 bits per heavy atom. The largest absolute Gasteiger partial charge is 0.497 e. The predicted molar refractivity (Wildman–Crippen MR) is 128 cm³/mol. The van der Waals surface area contributed by atoms with Crippen LogP contribution in [0.5, 0.6) is 5.75 Å².